The van der Waals surface area contributed by atoms with Crippen LogP contribution in [-0.2, 0) is 16.1 Å². The fourth-order valence-electron chi connectivity index (χ4n) is 5.02. The molecule has 1 saturated carbocycles. The molecule has 0 spiro atoms. The lowest BCUT2D eigenvalue weighted by Crippen LogP contribution is -2.66. The van der Waals surface area contributed by atoms with Crippen LogP contribution >= 0.6 is 0 Å². The molecular weight excluding hydrogens is 436 g/mol. The Labute approximate surface area is 201 Å². The summed E-state index contributed by atoms with van der Waals surface area (Å²) < 4.78 is 10.7. The van der Waals surface area contributed by atoms with Gasteiger partial charge >= 0.3 is 6.03 Å². The van der Waals surface area contributed by atoms with Crippen LogP contribution in [0.2, 0.25) is 0 Å². The third-order valence-corrected chi connectivity index (χ3v) is 6.59. The van der Waals surface area contributed by atoms with E-state index in [1.54, 1.807) is 30.1 Å². The largest absolute Gasteiger partial charge is 0.497 e. The molecule has 0 unspecified atom stereocenters. The molecule has 188 valence electrons. The third kappa shape index (κ3) is 6.33. The first kappa shape index (κ1) is 25.6. The van der Waals surface area contributed by atoms with Crippen LogP contribution in [0, 0.1) is 5.92 Å². The number of nitrogens with two attached hydrogens (primary N) is 1. The number of nitrogens with one attached hydrogen (secondary N) is 1. The Bertz CT molecular complexity index is 862. The minimum atomic E-state index is -0.660. The summed E-state index contributed by atoms with van der Waals surface area (Å²) in [5.41, 5.74) is 6.41. The van der Waals surface area contributed by atoms with Crippen LogP contribution in [0.25, 0.3) is 0 Å². The minimum Gasteiger partial charge on any atom is -0.497 e. The van der Waals surface area contributed by atoms with Crippen molar-refractivity contribution in [3.63, 3.8) is 0 Å². The van der Waals surface area contributed by atoms with E-state index >= 15 is 0 Å². The average Bonchev–Trinajstić information content (AvgIpc) is 3.28. The lowest BCUT2D eigenvalue weighted by molar-refractivity contribution is -0.145. The van der Waals surface area contributed by atoms with Gasteiger partial charge in [-0.1, -0.05) is 26.7 Å². The summed E-state index contributed by atoms with van der Waals surface area (Å²) in [5.74, 6) is 0.816. The van der Waals surface area contributed by atoms with Gasteiger partial charge in [0.25, 0.3) is 0 Å². The van der Waals surface area contributed by atoms with Crippen molar-refractivity contribution in [1.29, 1.82) is 0 Å². The highest BCUT2D eigenvalue weighted by molar-refractivity contribution is 5.89. The number of hydrogen-bond acceptors (Lipinski definition) is 5. The van der Waals surface area contributed by atoms with Crippen LogP contribution in [0.3, 0.4) is 0 Å². The topological polar surface area (TPSA) is 114 Å². The van der Waals surface area contributed by atoms with Crippen LogP contribution < -0.4 is 20.5 Å². The maximum Gasteiger partial charge on any atom is 0.318 e. The zero-order valence-corrected chi connectivity index (χ0v) is 20.7. The Hall–Kier alpha value is -2.97. The first-order valence-corrected chi connectivity index (χ1v) is 12.1. The van der Waals surface area contributed by atoms with E-state index in [9.17, 15) is 14.4 Å². The summed E-state index contributed by atoms with van der Waals surface area (Å²) in [6, 6.07) is 4.16. The lowest BCUT2D eigenvalue weighted by Gasteiger charge is -2.46. The predicted octanol–water partition coefficient (Wildman–Crippen LogP) is 2.66. The number of piperazine rings is 1. The van der Waals surface area contributed by atoms with Gasteiger partial charge < -0.3 is 30.3 Å². The number of amides is 4. The Morgan fingerprint density at radius 1 is 1.12 bits per heavy atom. The maximum atomic E-state index is 13.7. The van der Waals surface area contributed by atoms with Gasteiger partial charge in [0.1, 0.15) is 17.5 Å². The van der Waals surface area contributed by atoms with Gasteiger partial charge in [-0.05, 0) is 42.9 Å². The quantitative estimate of drug-likeness (QED) is 0.571. The number of benzene rings is 1. The molecule has 0 bridgehead atoms. The van der Waals surface area contributed by atoms with Crippen molar-refractivity contribution < 1.29 is 23.9 Å². The average molecular weight is 475 g/mol. The van der Waals surface area contributed by atoms with Gasteiger partial charge in [-0.2, -0.15) is 0 Å². The Morgan fingerprint density at radius 3 is 2.26 bits per heavy atom. The summed E-state index contributed by atoms with van der Waals surface area (Å²) in [4.78, 5) is 42.3. The molecule has 2 fully saturated rings. The zero-order valence-electron chi connectivity index (χ0n) is 20.7. The molecule has 9 heteroatoms. The molecule has 1 aromatic carbocycles. The third-order valence-electron chi connectivity index (χ3n) is 6.59. The van der Waals surface area contributed by atoms with E-state index in [0.717, 1.165) is 31.2 Å². The number of urea groups is 1. The molecule has 3 rings (SSSR count). The number of methoxy groups -OCH3 is 2. The second-order valence-corrected chi connectivity index (χ2v) is 9.75. The normalized spacial score (nSPS) is 21.1. The fraction of sp³-hybridized carbons (Fsp3) is 0.640. The Balaban J connectivity index is 1.89. The van der Waals surface area contributed by atoms with Crippen LogP contribution in [-0.4, -0.2) is 66.5 Å². The monoisotopic (exact) mass is 474 g/mol. The summed E-state index contributed by atoms with van der Waals surface area (Å²) in [7, 11) is 3.15. The number of hydrogen-bond donors (Lipinski definition) is 2. The van der Waals surface area contributed by atoms with Gasteiger partial charge in [-0.3, -0.25) is 9.59 Å². The first-order chi connectivity index (χ1) is 16.2. The smallest absolute Gasteiger partial charge is 0.318 e. The second kappa shape index (κ2) is 11.4. The van der Waals surface area contributed by atoms with E-state index in [0.29, 0.717) is 24.5 Å². The van der Waals surface area contributed by atoms with Crippen molar-refractivity contribution in [3.8, 4) is 11.5 Å². The van der Waals surface area contributed by atoms with Crippen molar-refractivity contribution in [3.05, 3.63) is 23.8 Å². The molecule has 1 heterocycles. The molecule has 34 heavy (non-hydrogen) atoms. The number of rotatable bonds is 9. The Morgan fingerprint density at radius 2 is 1.74 bits per heavy atom. The lowest BCUT2D eigenvalue weighted by atomic mass is 9.94. The van der Waals surface area contributed by atoms with Gasteiger partial charge in [-0.25, -0.2) is 4.79 Å². The van der Waals surface area contributed by atoms with Crippen LogP contribution in [0.4, 0.5) is 4.79 Å². The molecular formula is C25H38N4O5. The van der Waals surface area contributed by atoms with Crippen molar-refractivity contribution in [2.45, 2.75) is 77.0 Å². The summed E-state index contributed by atoms with van der Waals surface area (Å²) >= 11 is 0. The zero-order chi connectivity index (χ0) is 24.8. The number of carbonyl (C=O) groups is 3. The highest BCUT2D eigenvalue weighted by atomic mass is 16.5. The molecule has 1 aliphatic heterocycles. The Kier molecular flexibility index (Phi) is 8.63. The molecule has 2 aliphatic rings. The van der Waals surface area contributed by atoms with Crippen LogP contribution in [0.1, 0.15) is 57.9 Å². The number of carbonyl (C=O) groups excluding carboxylic acids is 3. The van der Waals surface area contributed by atoms with Crippen LogP contribution in [0.5, 0.6) is 11.5 Å². The molecule has 1 aromatic rings. The van der Waals surface area contributed by atoms with E-state index in [2.05, 4.69) is 5.32 Å². The molecule has 2 atom stereocenters. The van der Waals surface area contributed by atoms with Gasteiger partial charge in [0.05, 0.1) is 20.3 Å². The number of nitrogens with zero attached hydrogens (tertiary/aromatic N) is 2. The van der Waals surface area contributed by atoms with Crippen molar-refractivity contribution in [2.24, 2.45) is 11.7 Å². The summed E-state index contributed by atoms with van der Waals surface area (Å²) in [6.07, 6.45) is 4.55. The van der Waals surface area contributed by atoms with E-state index in [1.165, 1.54) is 0 Å². The summed E-state index contributed by atoms with van der Waals surface area (Å²) in [6.45, 7) is 4.59. The first-order valence-electron chi connectivity index (χ1n) is 12.1. The molecule has 0 aromatic heterocycles. The SMILES string of the molecule is COc1cc(CN2C[C@@H](CC(N)=O)N(C(=O)NC3CCCC3)[C@@H](CC(C)C)C2=O)cc(OC)c1. The minimum absolute atomic E-state index is 0.00209. The van der Waals surface area contributed by atoms with E-state index in [1.807, 2.05) is 26.0 Å². The molecule has 4 amide bonds. The molecule has 3 N–H and O–H groups in total. The highest BCUT2D eigenvalue weighted by Gasteiger charge is 2.44. The van der Waals surface area contributed by atoms with Crippen molar-refractivity contribution >= 4 is 17.8 Å². The fourth-order valence-corrected chi connectivity index (χ4v) is 5.02. The molecule has 1 saturated heterocycles. The van der Waals surface area contributed by atoms with Crippen LogP contribution in [0.15, 0.2) is 18.2 Å². The molecule has 9 nitrogen and oxygen atoms in total. The van der Waals surface area contributed by atoms with Gasteiger partial charge in [0, 0.05) is 31.6 Å². The number of ether oxygens (including phenoxy) is 2. The number of primary amides is 1. The summed E-state index contributed by atoms with van der Waals surface area (Å²) in [5, 5.41) is 3.10. The van der Waals surface area contributed by atoms with Gasteiger partial charge in [0.2, 0.25) is 11.8 Å². The standard InChI is InChI=1S/C25H38N4O5/c1-16(2)9-22-24(31)28(14-17-10-20(33-3)13-21(11-17)34-4)15-19(12-23(26)30)29(22)25(32)27-18-7-5-6-8-18/h10-11,13,16,18-19,22H,5-9,12,14-15H2,1-4H3,(H2,26,30)(H,27,32)/t19-,22+/m1/s1. The van der Waals surface area contributed by atoms with E-state index < -0.39 is 18.0 Å². The second-order valence-electron chi connectivity index (χ2n) is 9.75. The highest BCUT2D eigenvalue weighted by Crippen LogP contribution is 2.29. The van der Waals surface area contributed by atoms with Crippen molar-refractivity contribution in [2.75, 3.05) is 20.8 Å². The predicted molar refractivity (Wildman–Crippen MR) is 128 cm³/mol. The maximum absolute atomic E-state index is 13.7. The molecule has 0 radical (unpaired) electrons. The van der Waals surface area contributed by atoms with Crippen molar-refractivity contribution in [1.82, 2.24) is 15.1 Å². The van der Waals surface area contributed by atoms with Gasteiger partial charge in [-0.15, -0.1) is 0 Å². The van der Waals surface area contributed by atoms with Gasteiger partial charge in [0.15, 0.2) is 0 Å². The van der Waals surface area contributed by atoms with E-state index in [4.69, 9.17) is 15.2 Å². The molecule has 1 aliphatic carbocycles. The van der Waals surface area contributed by atoms with E-state index in [-0.39, 0.29) is 36.9 Å².